The average Bonchev–Trinajstić information content (AvgIpc) is 3.57. The van der Waals surface area contributed by atoms with E-state index in [0.29, 0.717) is 50.6 Å². The van der Waals surface area contributed by atoms with Gasteiger partial charge in [0, 0.05) is 44.9 Å². The fourth-order valence-electron chi connectivity index (χ4n) is 3.74. The molecule has 0 atom stereocenters. The number of thiophene rings is 1. The van der Waals surface area contributed by atoms with Gasteiger partial charge in [0.15, 0.2) is 5.82 Å². The lowest BCUT2D eigenvalue weighted by atomic mass is 10.3. The lowest BCUT2D eigenvalue weighted by Crippen LogP contribution is -2.39. The summed E-state index contributed by atoms with van der Waals surface area (Å²) in [6, 6.07) is 7.33. The molecule has 0 radical (unpaired) electrons. The van der Waals surface area contributed by atoms with Crippen LogP contribution < -0.4 is 15.0 Å². The zero-order valence-electron chi connectivity index (χ0n) is 18.7. The van der Waals surface area contributed by atoms with Crippen molar-refractivity contribution in [2.24, 2.45) is 0 Å². The van der Waals surface area contributed by atoms with Gasteiger partial charge in [-0.3, -0.25) is 14.8 Å². The van der Waals surface area contributed by atoms with E-state index in [4.69, 9.17) is 14.2 Å². The maximum absolute atomic E-state index is 13.0. The van der Waals surface area contributed by atoms with E-state index in [1.807, 2.05) is 22.4 Å². The fourth-order valence-corrected chi connectivity index (χ4v) is 4.43. The SMILES string of the molecule is O=C(Nc1cc(-c2cccs2)[nH]n1)c1cc(OCCN2CCOCC2)nc(N2CCOCC2)n1. The van der Waals surface area contributed by atoms with E-state index in [1.54, 1.807) is 23.5 Å². The van der Waals surface area contributed by atoms with Gasteiger partial charge in [0.2, 0.25) is 11.8 Å². The minimum absolute atomic E-state index is 0.221. The van der Waals surface area contributed by atoms with E-state index in [-0.39, 0.29) is 11.6 Å². The highest BCUT2D eigenvalue weighted by molar-refractivity contribution is 7.13. The Balaban J connectivity index is 1.30. The zero-order chi connectivity index (χ0) is 23.2. The standard InChI is InChI=1S/C22H27N7O4S/c30-21(24-19-14-16(26-27-19)18-2-1-13-34-18)17-15-20(33-12-5-28-3-8-31-9-4-28)25-22(23-17)29-6-10-32-11-7-29/h1-2,13-15H,3-12H2,(H2,24,26,27,30). The summed E-state index contributed by atoms with van der Waals surface area (Å²) in [6.45, 7) is 6.96. The first kappa shape index (κ1) is 22.7. The summed E-state index contributed by atoms with van der Waals surface area (Å²) in [5, 5.41) is 12.0. The molecule has 0 saturated carbocycles. The van der Waals surface area contributed by atoms with Crippen LogP contribution in [0.5, 0.6) is 5.88 Å². The first-order chi connectivity index (χ1) is 16.7. The van der Waals surface area contributed by atoms with E-state index in [0.717, 1.165) is 43.4 Å². The first-order valence-electron chi connectivity index (χ1n) is 11.3. The normalized spacial score (nSPS) is 17.0. The highest BCUT2D eigenvalue weighted by atomic mass is 32.1. The lowest BCUT2D eigenvalue weighted by molar-refractivity contribution is 0.0320. The van der Waals surface area contributed by atoms with Gasteiger partial charge in [0.25, 0.3) is 5.91 Å². The Hall–Kier alpha value is -3.06. The molecule has 2 aliphatic rings. The summed E-state index contributed by atoms with van der Waals surface area (Å²) in [4.78, 5) is 27.4. The van der Waals surface area contributed by atoms with Crippen molar-refractivity contribution in [2.45, 2.75) is 0 Å². The maximum Gasteiger partial charge on any atom is 0.275 e. The van der Waals surface area contributed by atoms with Crippen molar-refractivity contribution < 1.29 is 19.0 Å². The number of hydrogen-bond acceptors (Lipinski definition) is 10. The molecule has 12 heteroatoms. The Labute approximate surface area is 201 Å². The summed E-state index contributed by atoms with van der Waals surface area (Å²) in [6.07, 6.45) is 0. The highest BCUT2D eigenvalue weighted by Crippen LogP contribution is 2.25. The van der Waals surface area contributed by atoms with Gasteiger partial charge in [-0.15, -0.1) is 11.3 Å². The van der Waals surface area contributed by atoms with Crippen LogP contribution in [0, 0.1) is 0 Å². The molecule has 180 valence electrons. The first-order valence-corrected chi connectivity index (χ1v) is 12.2. The molecule has 2 N–H and O–H groups in total. The lowest BCUT2D eigenvalue weighted by Gasteiger charge is -2.27. The van der Waals surface area contributed by atoms with Gasteiger partial charge in [-0.2, -0.15) is 10.1 Å². The average molecular weight is 486 g/mol. The summed E-state index contributed by atoms with van der Waals surface area (Å²) >= 11 is 1.59. The Morgan fingerprint density at radius 1 is 1.12 bits per heavy atom. The predicted octanol–water partition coefficient (Wildman–Crippen LogP) is 1.73. The molecule has 5 heterocycles. The van der Waals surface area contributed by atoms with E-state index >= 15 is 0 Å². The number of carbonyl (C=O) groups excluding carboxylic acids is 1. The smallest absolute Gasteiger partial charge is 0.275 e. The number of carbonyl (C=O) groups is 1. The number of nitrogens with zero attached hydrogens (tertiary/aromatic N) is 5. The second-order valence-electron chi connectivity index (χ2n) is 7.89. The van der Waals surface area contributed by atoms with Crippen molar-refractivity contribution in [1.29, 1.82) is 0 Å². The molecule has 5 rings (SSSR count). The van der Waals surface area contributed by atoms with Gasteiger partial charge >= 0.3 is 0 Å². The van der Waals surface area contributed by atoms with Gasteiger partial charge in [0.1, 0.15) is 12.3 Å². The summed E-state index contributed by atoms with van der Waals surface area (Å²) < 4.78 is 16.8. The number of hydrogen-bond donors (Lipinski definition) is 2. The molecule has 0 aromatic carbocycles. The largest absolute Gasteiger partial charge is 0.476 e. The highest BCUT2D eigenvalue weighted by Gasteiger charge is 2.20. The van der Waals surface area contributed by atoms with Crippen molar-refractivity contribution in [2.75, 3.05) is 76.0 Å². The number of morpholine rings is 2. The number of anilines is 2. The van der Waals surface area contributed by atoms with Crippen LogP contribution in [-0.2, 0) is 9.47 Å². The van der Waals surface area contributed by atoms with Gasteiger partial charge in [0.05, 0.1) is 37.0 Å². The Morgan fingerprint density at radius 3 is 2.68 bits per heavy atom. The summed E-state index contributed by atoms with van der Waals surface area (Å²) in [5.41, 5.74) is 1.06. The third-order valence-electron chi connectivity index (χ3n) is 5.58. The fraction of sp³-hybridized carbons (Fsp3) is 0.455. The topological polar surface area (TPSA) is 118 Å². The van der Waals surface area contributed by atoms with Crippen LogP contribution in [0.15, 0.2) is 29.6 Å². The molecule has 0 bridgehead atoms. The second kappa shape index (κ2) is 10.9. The van der Waals surface area contributed by atoms with E-state index in [2.05, 4.69) is 30.4 Å². The molecular formula is C22H27N7O4S. The molecule has 1 amide bonds. The molecule has 0 aliphatic carbocycles. The number of nitrogens with one attached hydrogen (secondary N) is 2. The molecule has 0 unspecified atom stereocenters. The van der Waals surface area contributed by atoms with Crippen molar-refractivity contribution in [3.8, 4) is 16.5 Å². The molecule has 0 spiro atoms. The molecule has 2 saturated heterocycles. The van der Waals surface area contributed by atoms with Crippen molar-refractivity contribution >= 4 is 29.0 Å². The van der Waals surface area contributed by atoms with Gasteiger partial charge < -0.3 is 24.4 Å². The van der Waals surface area contributed by atoms with Gasteiger partial charge in [-0.05, 0) is 11.4 Å². The Kier molecular flexibility index (Phi) is 7.29. The van der Waals surface area contributed by atoms with Crippen LogP contribution in [0.25, 0.3) is 10.6 Å². The predicted molar refractivity (Wildman–Crippen MR) is 128 cm³/mol. The molecule has 3 aromatic heterocycles. The Bertz CT molecular complexity index is 1080. The molecular weight excluding hydrogens is 458 g/mol. The molecule has 2 aliphatic heterocycles. The minimum Gasteiger partial charge on any atom is -0.476 e. The Morgan fingerprint density at radius 2 is 1.91 bits per heavy atom. The van der Waals surface area contributed by atoms with E-state index < -0.39 is 0 Å². The number of rotatable bonds is 8. The van der Waals surface area contributed by atoms with Gasteiger partial charge in [-0.25, -0.2) is 4.98 Å². The van der Waals surface area contributed by atoms with Crippen LogP contribution in [-0.4, -0.2) is 96.7 Å². The van der Waals surface area contributed by atoms with Crippen LogP contribution >= 0.6 is 11.3 Å². The quantitative estimate of drug-likeness (QED) is 0.492. The number of aromatic amines is 1. The maximum atomic E-state index is 13.0. The number of ether oxygens (including phenoxy) is 3. The molecule has 2 fully saturated rings. The van der Waals surface area contributed by atoms with Crippen molar-refractivity contribution in [3.05, 3.63) is 35.3 Å². The summed E-state index contributed by atoms with van der Waals surface area (Å²) in [5.74, 6) is 0.878. The van der Waals surface area contributed by atoms with Crippen LogP contribution in [0.2, 0.25) is 0 Å². The molecule has 11 nitrogen and oxygen atoms in total. The van der Waals surface area contributed by atoms with Crippen LogP contribution in [0.4, 0.5) is 11.8 Å². The third kappa shape index (κ3) is 5.70. The van der Waals surface area contributed by atoms with Gasteiger partial charge in [-0.1, -0.05) is 6.07 Å². The number of amides is 1. The third-order valence-corrected chi connectivity index (χ3v) is 6.49. The van der Waals surface area contributed by atoms with E-state index in [1.165, 1.54) is 0 Å². The van der Waals surface area contributed by atoms with Crippen molar-refractivity contribution in [1.82, 2.24) is 25.1 Å². The molecule has 34 heavy (non-hydrogen) atoms. The summed E-state index contributed by atoms with van der Waals surface area (Å²) in [7, 11) is 0. The van der Waals surface area contributed by atoms with Crippen molar-refractivity contribution in [3.63, 3.8) is 0 Å². The number of aromatic nitrogens is 4. The minimum atomic E-state index is -0.376. The second-order valence-corrected chi connectivity index (χ2v) is 8.84. The van der Waals surface area contributed by atoms with Crippen LogP contribution in [0.3, 0.4) is 0 Å². The van der Waals surface area contributed by atoms with Crippen LogP contribution in [0.1, 0.15) is 10.5 Å². The zero-order valence-corrected chi connectivity index (χ0v) is 19.6. The monoisotopic (exact) mass is 485 g/mol. The molecule has 3 aromatic rings. The van der Waals surface area contributed by atoms with E-state index in [9.17, 15) is 4.79 Å². The number of H-pyrrole nitrogens is 1.